The Morgan fingerprint density at radius 3 is 2.46 bits per heavy atom. The lowest BCUT2D eigenvalue weighted by Crippen LogP contribution is -2.36. The maximum Gasteiger partial charge on any atom is 0.0678 e. The molecule has 0 saturated heterocycles. The van der Waals surface area contributed by atoms with E-state index in [1.807, 2.05) is 0 Å². The van der Waals surface area contributed by atoms with Crippen molar-refractivity contribution in [2.45, 2.75) is 65.6 Å². The molecule has 1 heterocycles. The lowest BCUT2D eigenvalue weighted by Gasteiger charge is -2.30. The number of aryl methyl sites for hydroxylation is 1. The number of hydrogen-bond donors (Lipinski definition) is 2. The summed E-state index contributed by atoms with van der Waals surface area (Å²) in [6, 6.07) is 10.7. The summed E-state index contributed by atoms with van der Waals surface area (Å²) in [7, 11) is 0. The molecule has 0 aliphatic carbocycles. The average molecular weight is 329 g/mol. The number of benzene rings is 1. The largest absolute Gasteiger partial charge is 0.395 e. The van der Waals surface area contributed by atoms with E-state index >= 15 is 0 Å². The Morgan fingerprint density at radius 2 is 1.92 bits per heavy atom. The van der Waals surface area contributed by atoms with Crippen molar-refractivity contribution in [3.05, 3.63) is 52.8 Å². The Kier molecular flexibility index (Phi) is 6.19. The quantitative estimate of drug-likeness (QED) is 0.812. The molecule has 0 fully saturated rings. The van der Waals surface area contributed by atoms with E-state index in [-0.39, 0.29) is 18.1 Å². The van der Waals surface area contributed by atoms with E-state index in [1.54, 1.807) is 0 Å². The third-order valence-corrected chi connectivity index (χ3v) is 4.61. The number of H-pyrrole nitrogens is 1. The SMILES string of the molecule is CCC(CO)N(Cc1cc(C(C)(C)C)n[nH]1)Cc1ccccc1C. The topological polar surface area (TPSA) is 52.1 Å². The normalized spacial score (nSPS) is 13.5. The first-order valence-electron chi connectivity index (χ1n) is 8.79. The first-order valence-corrected chi connectivity index (χ1v) is 8.79. The molecule has 0 saturated carbocycles. The second kappa shape index (κ2) is 7.95. The summed E-state index contributed by atoms with van der Waals surface area (Å²) in [6.45, 7) is 12.5. The zero-order chi connectivity index (χ0) is 17.7. The maximum atomic E-state index is 9.79. The molecule has 0 amide bonds. The summed E-state index contributed by atoms with van der Waals surface area (Å²) >= 11 is 0. The molecule has 1 aromatic heterocycles. The van der Waals surface area contributed by atoms with Crippen molar-refractivity contribution in [3.63, 3.8) is 0 Å². The highest BCUT2D eigenvalue weighted by atomic mass is 16.3. The molecule has 0 bridgehead atoms. The van der Waals surface area contributed by atoms with Crippen LogP contribution in [-0.4, -0.2) is 32.9 Å². The highest BCUT2D eigenvalue weighted by Crippen LogP contribution is 2.22. The van der Waals surface area contributed by atoms with Crippen LogP contribution < -0.4 is 0 Å². The van der Waals surface area contributed by atoms with Crippen molar-refractivity contribution in [3.8, 4) is 0 Å². The predicted molar refractivity (Wildman–Crippen MR) is 98.9 cm³/mol. The van der Waals surface area contributed by atoms with Crippen LogP contribution in [0.15, 0.2) is 30.3 Å². The zero-order valence-corrected chi connectivity index (χ0v) is 15.6. The van der Waals surface area contributed by atoms with Crippen LogP contribution in [0.5, 0.6) is 0 Å². The van der Waals surface area contributed by atoms with E-state index in [1.165, 1.54) is 11.1 Å². The Morgan fingerprint density at radius 1 is 1.21 bits per heavy atom. The second-order valence-corrected chi connectivity index (χ2v) is 7.60. The minimum absolute atomic E-state index is 0.0384. The van der Waals surface area contributed by atoms with Crippen molar-refractivity contribution in [2.24, 2.45) is 0 Å². The molecule has 4 nitrogen and oxygen atoms in total. The number of aromatic nitrogens is 2. The molecule has 0 aliphatic rings. The first-order chi connectivity index (χ1) is 11.3. The molecular formula is C20H31N3O. The van der Waals surface area contributed by atoms with Gasteiger partial charge in [-0.2, -0.15) is 5.10 Å². The summed E-state index contributed by atoms with van der Waals surface area (Å²) in [4.78, 5) is 2.34. The summed E-state index contributed by atoms with van der Waals surface area (Å²) < 4.78 is 0. The number of aromatic amines is 1. The lowest BCUT2D eigenvalue weighted by molar-refractivity contribution is 0.105. The van der Waals surface area contributed by atoms with Gasteiger partial charge in [-0.1, -0.05) is 52.0 Å². The van der Waals surface area contributed by atoms with Crippen molar-refractivity contribution < 1.29 is 5.11 Å². The standard InChI is InChI=1S/C20H31N3O/c1-6-18(14-24)23(12-16-10-8-7-9-15(16)2)13-17-11-19(22-21-17)20(3,4)5/h7-11,18,24H,6,12-14H2,1-5H3,(H,21,22). The first kappa shape index (κ1) is 18.7. The van der Waals surface area contributed by atoms with Crippen LogP contribution in [0.3, 0.4) is 0 Å². The molecule has 1 atom stereocenters. The van der Waals surface area contributed by atoms with Crippen molar-refractivity contribution in [2.75, 3.05) is 6.61 Å². The van der Waals surface area contributed by atoms with E-state index in [0.717, 1.165) is 30.9 Å². The Hall–Kier alpha value is -1.65. The van der Waals surface area contributed by atoms with E-state index in [9.17, 15) is 5.11 Å². The monoisotopic (exact) mass is 329 g/mol. The fraction of sp³-hybridized carbons (Fsp3) is 0.550. The summed E-state index contributed by atoms with van der Waals surface area (Å²) in [5, 5.41) is 17.4. The number of nitrogens with one attached hydrogen (secondary N) is 1. The van der Waals surface area contributed by atoms with Gasteiger partial charge in [0.2, 0.25) is 0 Å². The molecule has 1 aromatic carbocycles. The van der Waals surface area contributed by atoms with Gasteiger partial charge in [-0.05, 0) is 30.5 Å². The molecular weight excluding hydrogens is 298 g/mol. The molecule has 4 heteroatoms. The Labute approximate surface area is 145 Å². The van der Waals surface area contributed by atoms with Gasteiger partial charge in [0.05, 0.1) is 12.3 Å². The van der Waals surface area contributed by atoms with E-state index in [2.05, 4.69) is 80.0 Å². The van der Waals surface area contributed by atoms with Gasteiger partial charge < -0.3 is 5.11 Å². The van der Waals surface area contributed by atoms with Crippen LogP contribution >= 0.6 is 0 Å². The number of aliphatic hydroxyl groups excluding tert-OH is 1. The maximum absolute atomic E-state index is 9.79. The molecule has 2 aromatic rings. The summed E-state index contributed by atoms with van der Waals surface area (Å²) in [6.07, 6.45) is 0.919. The second-order valence-electron chi connectivity index (χ2n) is 7.60. The van der Waals surface area contributed by atoms with E-state index < -0.39 is 0 Å². The number of nitrogens with zero attached hydrogens (tertiary/aromatic N) is 2. The van der Waals surface area contributed by atoms with Gasteiger partial charge in [-0.15, -0.1) is 0 Å². The van der Waals surface area contributed by atoms with E-state index in [0.29, 0.717) is 0 Å². The molecule has 1 unspecified atom stereocenters. The minimum atomic E-state index is 0.0384. The smallest absolute Gasteiger partial charge is 0.0678 e. The van der Waals surface area contributed by atoms with Crippen molar-refractivity contribution >= 4 is 0 Å². The van der Waals surface area contributed by atoms with Crippen LogP contribution in [0, 0.1) is 6.92 Å². The van der Waals surface area contributed by atoms with Gasteiger partial charge >= 0.3 is 0 Å². The van der Waals surface area contributed by atoms with Gasteiger partial charge in [-0.3, -0.25) is 10.00 Å². The fourth-order valence-corrected chi connectivity index (χ4v) is 2.87. The third kappa shape index (κ3) is 4.68. The summed E-state index contributed by atoms with van der Waals surface area (Å²) in [5.74, 6) is 0. The highest BCUT2D eigenvalue weighted by Gasteiger charge is 2.21. The third-order valence-electron chi connectivity index (χ3n) is 4.61. The van der Waals surface area contributed by atoms with Crippen LogP contribution in [-0.2, 0) is 18.5 Å². The van der Waals surface area contributed by atoms with Gasteiger partial charge in [0.1, 0.15) is 0 Å². The molecule has 0 spiro atoms. The highest BCUT2D eigenvalue weighted by molar-refractivity contribution is 5.25. The van der Waals surface area contributed by atoms with Crippen LogP contribution in [0.4, 0.5) is 0 Å². The average Bonchev–Trinajstić information content (AvgIpc) is 2.99. The van der Waals surface area contributed by atoms with Crippen molar-refractivity contribution in [1.29, 1.82) is 0 Å². The van der Waals surface area contributed by atoms with Gasteiger partial charge in [-0.25, -0.2) is 0 Å². The lowest BCUT2D eigenvalue weighted by atomic mass is 9.92. The minimum Gasteiger partial charge on any atom is -0.395 e. The number of hydrogen-bond acceptors (Lipinski definition) is 3. The van der Waals surface area contributed by atoms with E-state index in [4.69, 9.17) is 0 Å². The van der Waals surface area contributed by atoms with Crippen LogP contribution in [0.25, 0.3) is 0 Å². The fourth-order valence-electron chi connectivity index (χ4n) is 2.87. The van der Waals surface area contributed by atoms with Gasteiger partial charge in [0, 0.05) is 30.2 Å². The van der Waals surface area contributed by atoms with Gasteiger partial charge in [0.25, 0.3) is 0 Å². The molecule has 132 valence electrons. The number of aliphatic hydroxyl groups is 1. The predicted octanol–water partition coefficient (Wildman–Crippen LogP) is 3.79. The molecule has 2 N–H and O–H groups in total. The van der Waals surface area contributed by atoms with Crippen molar-refractivity contribution in [1.82, 2.24) is 15.1 Å². The Balaban J connectivity index is 2.20. The number of rotatable bonds is 7. The zero-order valence-electron chi connectivity index (χ0n) is 15.6. The van der Waals surface area contributed by atoms with Crippen LogP contribution in [0.2, 0.25) is 0 Å². The van der Waals surface area contributed by atoms with Gasteiger partial charge in [0.15, 0.2) is 0 Å². The summed E-state index contributed by atoms with van der Waals surface area (Å²) in [5.41, 5.74) is 4.80. The van der Waals surface area contributed by atoms with Crippen LogP contribution in [0.1, 0.15) is 56.6 Å². The molecule has 2 rings (SSSR count). The molecule has 0 aliphatic heterocycles. The molecule has 24 heavy (non-hydrogen) atoms. The Bertz CT molecular complexity index is 638. The molecule has 0 radical (unpaired) electrons.